The van der Waals surface area contributed by atoms with Crippen LogP contribution in [0.25, 0.3) is 11.3 Å². The molecule has 102 valence electrons. The largest absolute Gasteiger partial charge is 0.342 e. The Morgan fingerprint density at radius 3 is 2.47 bits per heavy atom. The van der Waals surface area contributed by atoms with Crippen molar-refractivity contribution in [1.82, 2.24) is 9.97 Å². The number of aryl methyl sites for hydroxylation is 1. The molecule has 0 spiro atoms. The number of imidazole rings is 1. The second kappa shape index (κ2) is 4.82. The molecular weight excluding hydrogens is 234 g/mol. The molecule has 3 N–H and O–H groups in total. The summed E-state index contributed by atoms with van der Waals surface area (Å²) in [6, 6.07) is 4.31. The van der Waals surface area contributed by atoms with Crippen LogP contribution in [0.3, 0.4) is 0 Å². The lowest BCUT2D eigenvalue weighted by Gasteiger charge is -2.16. The Labute approximate surface area is 115 Å². The fourth-order valence-electron chi connectivity index (χ4n) is 2.27. The lowest BCUT2D eigenvalue weighted by molar-refractivity contribution is 0.505. The molecule has 0 amide bonds. The van der Waals surface area contributed by atoms with Crippen LogP contribution >= 0.6 is 0 Å². The van der Waals surface area contributed by atoms with E-state index in [4.69, 9.17) is 5.73 Å². The molecule has 0 saturated heterocycles. The summed E-state index contributed by atoms with van der Waals surface area (Å²) in [7, 11) is 0. The van der Waals surface area contributed by atoms with Gasteiger partial charge in [-0.2, -0.15) is 0 Å². The Balaban J connectivity index is 2.36. The molecule has 1 aromatic heterocycles. The number of nitrogens with one attached hydrogen (secondary N) is 1. The van der Waals surface area contributed by atoms with Crippen LogP contribution in [0.1, 0.15) is 36.4 Å². The molecular formula is C16H23N3. The second-order valence-electron chi connectivity index (χ2n) is 6.09. The van der Waals surface area contributed by atoms with Crippen LogP contribution in [0.15, 0.2) is 18.3 Å². The summed E-state index contributed by atoms with van der Waals surface area (Å²) in [5, 5.41) is 0. The quantitative estimate of drug-likeness (QED) is 0.886. The number of hydrogen-bond donors (Lipinski definition) is 2. The number of rotatable bonds is 3. The number of aromatic amines is 1. The highest BCUT2D eigenvalue weighted by molar-refractivity contribution is 5.65. The molecule has 19 heavy (non-hydrogen) atoms. The van der Waals surface area contributed by atoms with E-state index < -0.39 is 0 Å². The van der Waals surface area contributed by atoms with Crippen LogP contribution in [-0.4, -0.2) is 15.5 Å². The number of nitrogens with zero attached hydrogens (tertiary/aromatic N) is 1. The number of benzene rings is 1. The fraction of sp³-hybridized carbons (Fsp3) is 0.438. The second-order valence-corrected chi connectivity index (χ2v) is 6.09. The van der Waals surface area contributed by atoms with Crippen molar-refractivity contribution in [1.29, 1.82) is 0 Å². The molecule has 0 bridgehead atoms. The minimum Gasteiger partial charge on any atom is -0.342 e. The molecule has 2 rings (SSSR count). The van der Waals surface area contributed by atoms with Gasteiger partial charge in [0.25, 0.3) is 0 Å². The molecule has 1 aromatic carbocycles. The van der Waals surface area contributed by atoms with Crippen LogP contribution in [0, 0.1) is 20.8 Å². The summed E-state index contributed by atoms with van der Waals surface area (Å²) in [5.41, 5.74) is 12.0. The van der Waals surface area contributed by atoms with E-state index in [1.54, 1.807) is 0 Å². The third kappa shape index (κ3) is 3.04. The third-order valence-corrected chi connectivity index (χ3v) is 3.60. The van der Waals surface area contributed by atoms with Gasteiger partial charge in [-0.1, -0.05) is 12.1 Å². The maximum atomic E-state index is 6.03. The Kier molecular flexibility index (Phi) is 3.50. The lowest BCUT2D eigenvalue weighted by atomic mass is 9.97. The summed E-state index contributed by atoms with van der Waals surface area (Å²) in [6.45, 7) is 10.5. The van der Waals surface area contributed by atoms with Crippen molar-refractivity contribution >= 4 is 0 Å². The maximum absolute atomic E-state index is 6.03. The van der Waals surface area contributed by atoms with Gasteiger partial charge in [0, 0.05) is 17.5 Å². The van der Waals surface area contributed by atoms with Gasteiger partial charge in [-0.15, -0.1) is 0 Å². The van der Waals surface area contributed by atoms with Crippen molar-refractivity contribution in [2.45, 2.75) is 46.6 Å². The molecule has 2 aromatic rings. The van der Waals surface area contributed by atoms with Crippen molar-refractivity contribution in [2.75, 3.05) is 0 Å². The summed E-state index contributed by atoms with van der Waals surface area (Å²) in [5.74, 6) is 0.945. The van der Waals surface area contributed by atoms with Gasteiger partial charge in [-0.25, -0.2) is 4.98 Å². The van der Waals surface area contributed by atoms with E-state index in [1.807, 2.05) is 20.0 Å². The molecule has 0 radical (unpaired) electrons. The Morgan fingerprint density at radius 2 is 1.84 bits per heavy atom. The normalized spacial score (nSPS) is 11.9. The molecule has 3 nitrogen and oxygen atoms in total. The van der Waals surface area contributed by atoms with E-state index in [9.17, 15) is 0 Å². The number of aromatic nitrogens is 2. The predicted octanol–water partition coefficient (Wildman–Crippen LogP) is 3.28. The SMILES string of the molecule is Cc1ccc(-c2cnc(CC(C)(C)N)[nH]2)c(C)c1C. The van der Waals surface area contributed by atoms with E-state index in [0.717, 1.165) is 17.9 Å². The first-order valence-corrected chi connectivity index (χ1v) is 6.68. The minimum absolute atomic E-state index is 0.243. The highest BCUT2D eigenvalue weighted by Gasteiger charge is 2.15. The molecule has 0 unspecified atom stereocenters. The van der Waals surface area contributed by atoms with Gasteiger partial charge in [0.15, 0.2) is 0 Å². The molecule has 0 atom stereocenters. The summed E-state index contributed by atoms with van der Waals surface area (Å²) >= 11 is 0. The summed E-state index contributed by atoms with van der Waals surface area (Å²) in [4.78, 5) is 7.82. The van der Waals surface area contributed by atoms with Crippen molar-refractivity contribution in [3.8, 4) is 11.3 Å². The van der Waals surface area contributed by atoms with Gasteiger partial charge < -0.3 is 10.7 Å². The third-order valence-electron chi connectivity index (χ3n) is 3.60. The average Bonchev–Trinajstić information content (AvgIpc) is 2.72. The zero-order valence-electron chi connectivity index (χ0n) is 12.5. The molecule has 0 aliphatic carbocycles. The van der Waals surface area contributed by atoms with Crippen LogP contribution < -0.4 is 5.73 Å². The smallest absolute Gasteiger partial charge is 0.108 e. The predicted molar refractivity (Wildman–Crippen MR) is 80.2 cm³/mol. The Morgan fingerprint density at radius 1 is 1.16 bits per heavy atom. The van der Waals surface area contributed by atoms with Crippen molar-refractivity contribution in [3.05, 3.63) is 40.8 Å². The van der Waals surface area contributed by atoms with Crippen LogP contribution in [0.5, 0.6) is 0 Å². The molecule has 0 aliphatic heterocycles. The van der Waals surface area contributed by atoms with Gasteiger partial charge in [-0.05, 0) is 51.3 Å². The zero-order chi connectivity index (χ0) is 14.2. The van der Waals surface area contributed by atoms with Gasteiger partial charge in [-0.3, -0.25) is 0 Å². The molecule has 0 saturated carbocycles. The molecule has 0 fully saturated rings. The van der Waals surface area contributed by atoms with E-state index >= 15 is 0 Å². The van der Waals surface area contributed by atoms with Crippen LogP contribution in [0.4, 0.5) is 0 Å². The maximum Gasteiger partial charge on any atom is 0.108 e. The number of nitrogens with two attached hydrogens (primary N) is 1. The monoisotopic (exact) mass is 257 g/mol. The Bertz CT molecular complexity index is 589. The van der Waals surface area contributed by atoms with Gasteiger partial charge in [0.05, 0.1) is 11.9 Å². The Hall–Kier alpha value is -1.61. The fourth-order valence-corrected chi connectivity index (χ4v) is 2.27. The standard InChI is InChI=1S/C16H23N3/c1-10-6-7-13(12(3)11(10)2)14-9-18-15(19-14)8-16(4,5)17/h6-7,9H,8,17H2,1-5H3,(H,18,19). The summed E-state index contributed by atoms with van der Waals surface area (Å²) < 4.78 is 0. The molecule has 1 heterocycles. The minimum atomic E-state index is -0.243. The van der Waals surface area contributed by atoms with Gasteiger partial charge in [0.1, 0.15) is 5.82 Å². The zero-order valence-corrected chi connectivity index (χ0v) is 12.5. The van der Waals surface area contributed by atoms with Crippen LogP contribution in [0.2, 0.25) is 0 Å². The lowest BCUT2D eigenvalue weighted by Crippen LogP contribution is -2.34. The first-order chi connectivity index (χ1) is 8.78. The number of H-pyrrole nitrogens is 1. The topological polar surface area (TPSA) is 54.7 Å². The van der Waals surface area contributed by atoms with Crippen molar-refractivity contribution < 1.29 is 0 Å². The van der Waals surface area contributed by atoms with E-state index in [2.05, 4.69) is 42.9 Å². The highest BCUT2D eigenvalue weighted by Crippen LogP contribution is 2.26. The molecule has 0 aliphatic rings. The average molecular weight is 257 g/mol. The number of hydrogen-bond acceptors (Lipinski definition) is 2. The van der Waals surface area contributed by atoms with Crippen molar-refractivity contribution in [3.63, 3.8) is 0 Å². The first kappa shape index (κ1) is 13.8. The van der Waals surface area contributed by atoms with E-state index in [1.165, 1.54) is 22.3 Å². The molecule has 3 heteroatoms. The van der Waals surface area contributed by atoms with E-state index in [0.29, 0.717) is 0 Å². The van der Waals surface area contributed by atoms with Crippen molar-refractivity contribution in [2.24, 2.45) is 5.73 Å². The highest BCUT2D eigenvalue weighted by atomic mass is 14.9. The first-order valence-electron chi connectivity index (χ1n) is 6.68. The van der Waals surface area contributed by atoms with Gasteiger partial charge >= 0.3 is 0 Å². The van der Waals surface area contributed by atoms with Gasteiger partial charge in [0.2, 0.25) is 0 Å². The van der Waals surface area contributed by atoms with Crippen LogP contribution in [-0.2, 0) is 6.42 Å². The van der Waals surface area contributed by atoms with E-state index in [-0.39, 0.29) is 5.54 Å². The summed E-state index contributed by atoms with van der Waals surface area (Å²) in [6.07, 6.45) is 2.65.